The molecular weight excluding hydrogens is 274 g/mol. The predicted molar refractivity (Wildman–Crippen MR) is 72.4 cm³/mol. The summed E-state index contributed by atoms with van der Waals surface area (Å²) in [4.78, 5) is 15.4. The zero-order valence-electron chi connectivity index (χ0n) is 9.75. The van der Waals surface area contributed by atoms with E-state index in [1.165, 1.54) is 10.5 Å². The van der Waals surface area contributed by atoms with Crippen molar-refractivity contribution in [2.75, 3.05) is 23.5 Å². The maximum absolute atomic E-state index is 11.4. The highest BCUT2D eigenvalue weighted by atomic mass is 32.2. The highest BCUT2D eigenvalue weighted by Crippen LogP contribution is 2.14. The van der Waals surface area contributed by atoms with E-state index in [9.17, 15) is 4.79 Å². The van der Waals surface area contributed by atoms with Crippen molar-refractivity contribution in [3.63, 3.8) is 0 Å². The maximum atomic E-state index is 11.4. The van der Waals surface area contributed by atoms with Crippen LogP contribution in [0.5, 0.6) is 0 Å². The summed E-state index contributed by atoms with van der Waals surface area (Å²) >= 11 is 2.71. The Morgan fingerprint density at radius 2 is 2.50 bits per heavy atom. The van der Waals surface area contributed by atoms with Gasteiger partial charge in [-0.25, -0.2) is 4.98 Å². The van der Waals surface area contributed by atoms with E-state index < -0.39 is 0 Å². The lowest BCUT2D eigenvalue weighted by atomic mass is 10.4. The van der Waals surface area contributed by atoms with Gasteiger partial charge in [-0.2, -0.15) is 20.2 Å². The summed E-state index contributed by atoms with van der Waals surface area (Å²) in [5, 5.41) is 0. The molecule has 9 heteroatoms. The van der Waals surface area contributed by atoms with E-state index in [2.05, 4.69) is 14.8 Å². The van der Waals surface area contributed by atoms with E-state index in [1.54, 1.807) is 11.8 Å². The van der Waals surface area contributed by atoms with Crippen molar-refractivity contribution in [1.82, 2.24) is 13.4 Å². The first-order valence-electron chi connectivity index (χ1n) is 5.23. The van der Waals surface area contributed by atoms with Crippen LogP contribution in [0.1, 0.15) is 11.5 Å². The average molecular weight is 287 g/mol. The Kier molecular flexibility index (Phi) is 4.26. The van der Waals surface area contributed by atoms with Crippen LogP contribution in [0.25, 0.3) is 0 Å². The van der Waals surface area contributed by atoms with Crippen molar-refractivity contribution in [2.24, 2.45) is 0 Å². The number of rotatable bonds is 6. The number of hydrogen-bond donors (Lipinski definition) is 2. The van der Waals surface area contributed by atoms with Crippen LogP contribution in [0.15, 0.2) is 15.6 Å². The Labute approximate surface area is 112 Å². The second kappa shape index (κ2) is 5.91. The number of oxazole rings is 1. The van der Waals surface area contributed by atoms with E-state index in [1.807, 2.05) is 6.92 Å². The molecule has 0 spiro atoms. The van der Waals surface area contributed by atoms with E-state index in [0.717, 1.165) is 34.7 Å². The third-order valence-electron chi connectivity index (χ3n) is 2.20. The van der Waals surface area contributed by atoms with Crippen molar-refractivity contribution < 1.29 is 4.42 Å². The fourth-order valence-corrected chi connectivity index (χ4v) is 2.62. The SMILES string of the molecule is Cc1ncoc1CSCCNn1snc(N)c1=O. The van der Waals surface area contributed by atoms with Gasteiger partial charge in [0.2, 0.25) is 5.82 Å². The highest BCUT2D eigenvalue weighted by molar-refractivity contribution is 7.98. The molecule has 0 bridgehead atoms. The van der Waals surface area contributed by atoms with E-state index >= 15 is 0 Å². The summed E-state index contributed by atoms with van der Waals surface area (Å²) in [5.41, 5.74) is 8.92. The van der Waals surface area contributed by atoms with Gasteiger partial charge in [-0.05, 0) is 6.92 Å². The number of nitrogens with two attached hydrogens (primary N) is 1. The highest BCUT2D eigenvalue weighted by Gasteiger charge is 2.05. The third kappa shape index (κ3) is 3.05. The standard InChI is InChI=1S/C9H13N5O2S2/c1-6-7(16-5-11-6)4-17-3-2-12-14-9(15)8(10)13-18-14/h5,12H,2-4H2,1H3,(H2,10,13). The first-order chi connectivity index (χ1) is 8.68. The second-order valence-corrected chi connectivity index (χ2v) is 5.30. The van der Waals surface area contributed by atoms with Crippen molar-refractivity contribution in [2.45, 2.75) is 12.7 Å². The molecule has 0 saturated carbocycles. The predicted octanol–water partition coefficient (Wildman–Crippen LogP) is 0.660. The minimum atomic E-state index is -0.295. The Morgan fingerprint density at radius 3 is 3.11 bits per heavy atom. The third-order valence-corrected chi connectivity index (χ3v) is 3.90. The number of nitrogens with zero attached hydrogens (tertiary/aromatic N) is 3. The van der Waals surface area contributed by atoms with Crippen LogP contribution in [-0.2, 0) is 5.75 Å². The molecule has 18 heavy (non-hydrogen) atoms. The van der Waals surface area contributed by atoms with Crippen molar-refractivity contribution in [1.29, 1.82) is 0 Å². The van der Waals surface area contributed by atoms with Crippen LogP contribution in [0.3, 0.4) is 0 Å². The minimum Gasteiger partial charge on any atom is -0.447 e. The molecule has 2 aromatic heterocycles. The number of anilines is 1. The van der Waals surface area contributed by atoms with Crippen LogP contribution in [0.2, 0.25) is 0 Å². The molecule has 0 radical (unpaired) electrons. The molecule has 2 rings (SSSR count). The van der Waals surface area contributed by atoms with Gasteiger partial charge in [-0.3, -0.25) is 4.79 Å². The van der Waals surface area contributed by atoms with Gasteiger partial charge in [0, 0.05) is 12.3 Å². The molecule has 98 valence electrons. The number of nitrogens with one attached hydrogen (secondary N) is 1. The molecule has 0 saturated heterocycles. The Balaban J connectivity index is 1.69. The average Bonchev–Trinajstić information content (AvgIpc) is 2.89. The molecule has 0 aliphatic carbocycles. The van der Waals surface area contributed by atoms with Crippen molar-refractivity contribution >= 4 is 29.3 Å². The summed E-state index contributed by atoms with van der Waals surface area (Å²) < 4.78 is 10.3. The first-order valence-corrected chi connectivity index (χ1v) is 7.12. The zero-order chi connectivity index (χ0) is 13.0. The fourth-order valence-electron chi connectivity index (χ4n) is 1.21. The number of nitrogen functional groups attached to an aromatic ring is 1. The van der Waals surface area contributed by atoms with Crippen molar-refractivity contribution in [3.05, 3.63) is 28.2 Å². The van der Waals surface area contributed by atoms with Gasteiger partial charge in [0.15, 0.2) is 6.39 Å². The normalized spacial score (nSPS) is 10.7. The monoisotopic (exact) mass is 287 g/mol. The number of thioether (sulfide) groups is 1. The smallest absolute Gasteiger partial charge is 0.323 e. The lowest BCUT2D eigenvalue weighted by molar-refractivity contribution is 0.522. The lowest BCUT2D eigenvalue weighted by Crippen LogP contribution is -2.26. The molecule has 0 aromatic carbocycles. The summed E-state index contributed by atoms with van der Waals surface area (Å²) in [5.74, 6) is 2.52. The van der Waals surface area contributed by atoms with Gasteiger partial charge in [-0.15, -0.1) is 0 Å². The Morgan fingerprint density at radius 1 is 1.67 bits per heavy atom. The fraction of sp³-hybridized carbons (Fsp3) is 0.444. The summed E-state index contributed by atoms with van der Waals surface area (Å²) in [6, 6.07) is 0. The summed E-state index contributed by atoms with van der Waals surface area (Å²) in [6.45, 7) is 2.57. The van der Waals surface area contributed by atoms with Gasteiger partial charge in [0.1, 0.15) is 5.76 Å². The number of hydrogen-bond acceptors (Lipinski definition) is 8. The van der Waals surface area contributed by atoms with E-state index in [-0.39, 0.29) is 11.4 Å². The molecule has 7 nitrogen and oxygen atoms in total. The Bertz CT molecular complexity index is 561. The first kappa shape index (κ1) is 13.0. The molecule has 0 unspecified atom stereocenters. The van der Waals surface area contributed by atoms with Gasteiger partial charge < -0.3 is 15.6 Å². The molecule has 0 atom stereocenters. The quantitative estimate of drug-likeness (QED) is 0.753. The zero-order valence-corrected chi connectivity index (χ0v) is 11.4. The topological polar surface area (TPSA) is 99.0 Å². The molecule has 0 amide bonds. The molecule has 2 aromatic rings. The summed E-state index contributed by atoms with van der Waals surface area (Å²) in [7, 11) is 0. The largest absolute Gasteiger partial charge is 0.447 e. The Hall–Kier alpha value is -1.48. The molecule has 0 aliphatic rings. The molecule has 3 N–H and O–H groups in total. The molecule has 2 heterocycles. The van der Waals surface area contributed by atoms with Gasteiger partial charge >= 0.3 is 5.56 Å². The molecule has 0 aliphatic heterocycles. The van der Waals surface area contributed by atoms with E-state index in [0.29, 0.717) is 6.54 Å². The number of aryl methyl sites for hydroxylation is 1. The lowest BCUT2D eigenvalue weighted by Gasteiger charge is -2.03. The van der Waals surface area contributed by atoms with E-state index in [4.69, 9.17) is 10.2 Å². The number of aromatic nitrogens is 3. The van der Waals surface area contributed by atoms with Gasteiger partial charge in [0.05, 0.1) is 23.2 Å². The minimum absolute atomic E-state index is 0.0254. The van der Waals surface area contributed by atoms with Crippen LogP contribution < -0.4 is 16.7 Å². The summed E-state index contributed by atoms with van der Waals surface area (Å²) in [6.07, 6.45) is 1.45. The van der Waals surface area contributed by atoms with Crippen LogP contribution >= 0.6 is 23.5 Å². The second-order valence-electron chi connectivity index (χ2n) is 3.48. The van der Waals surface area contributed by atoms with Crippen molar-refractivity contribution in [3.8, 4) is 0 Å². The van der Waals surface area contributed by atoms with Gasteiger partial charge in [-0.1, -0.05) is 0 Å². The van der Waals surface area contributed by atoms with Gasteiger partial charge in [0.25, 0.3) is 0 Å². The molecular formula is C9H13N5O2S2. The van der Waals surface area contributed by atoms with Crippen LogP contribution in [-0.4, -0.2) is 25.7 Å². The maximum Gasteiger partial charge on any atom is 0.323 e. The molecule has 0 fully saturated rings. The van der Waals surface area contributed by atoms with Crippen LogP contribution in [0, 0.1) is 6.92 Å². The van der Waals surface area contributed by atoms with Crippen LogP contribution in [0.4, 0.5) is 5.82 Å².